The van der Waals surface area contributed by atoms with Crippen molar-refractivity contribution in [3.05, 3.63) is 42.0 Å². The molecule has 92 valence electrons. The topological polar surface area (TPSA) is 9.23 Å². The predicted molar refractivity (Wildman–Crippen MR) is 79.9 cm³/mol. The average molecular weight is 254 g/mol. The van der Waals surface area contributed by atoms with Gasteiger partial charge in [0, 0.05) is 0 Å². The number of fused-ring (bicyclic) bond motifs is 3. The van der Waals surface area contributed by atoms with Gasteiger partial charge in [0.1, 0.15) is 13.8 Å². The zero-order chi connectivity index (χ0) is 12.9. The van der Waals surface area contributed by atoms with Crippen molar-refractivity contribution in [2.24, 2.45) is 0 Å². The Hall–Kier alpha value is -1.54. The van der Waals surface area contributed by atoms with E-state index >= 15 is 0 Å². The molecule has 0 spiro atoms. The SMILES string of the molecule is COc1ccc2c(c1)-c1cccc(C)c1[Si]2(C)C. The van der Waals surface area contributed by atoms with Crippen molar-refractivity contribution < 1.29 is 4.74 Å². The summed E-state index contributed by atoms with van der Waals surface area (Å²) in [6.45, 7) is 7.12. The second kappa shape index (κ2) is 3.72. The van der Waals surface area contributed by atoms with Crippen LogP contribution >= 0.6 is 0 Å². The molecule has 1 aliphatic heterocycles. The molecule has 2 heteroatoms. The lowest BCUT2D eigenvalue weighted by Crippen LogP contribution is -2.50. The lowest BCUT2D eigenvalue weighted by molar-refractivity contribution is 0.415. The van der Waals surface area contributed by atoms with Gasteiger partial charge in [-0.1, -0.05) is 42.9 Å². The van der Waals surface area contributed by atoms with Gasteiger partial charge in [-0.15, -0.1) is 0 Å². The number of hydrogen-bond donors (Lipinski definition) is 0. The van der Waals surface area contributed by atoms with Gasteiger partial charge in [-0.2, -0.15) is 0 Å². The van der Waals surface area contributed by atoms with Gasteiger partial charge >= 0.3 is 0 Å². The van der Waals surface area contributed by atoms with Crippen molar-refractivity contribution in [3.8, 4) is 16.9 Å². The normalized spacial score (nSPS) is 15.1. The van der Waals surface area contributed by atoms with E-state index in [0.717, 1.165) is 5.75 Å². The Morgan fingerprint density at radius 2 is 1.78 bits per heavy atom. The molecule has 0 fully saturated rings. The zero-order valence-electron chi connectivity index (χ0n) is 11.4. The maximum Gasteiger partial charge on any atom is 0.119 e. The van der Waals surface area contributed by atoms with E-state index in [4.69, 9.17) is 4.74 Å². The first-order chi connectivity index (χ1) is 8.55. The van der Waals surface area contributed by atoms with Crippen molar-refractivity contribution in [2.75, 3.05) is 7.11 Å². The molecular weight excluding hydrogens is 236 g/mol. The number of methoxy groups -OCH3 is 1. The second-order valence-electron chi connectivity index (χ2n) is 5.53. The molecule has 0 unspecified atom stereocenters. The highest BCUT2D eigenvalue weighted by molar-refractivity contribution is 7.04. The molecule has 0 saturated heterocycles. The molecule has 1 heterocycles. The molecule has 0 radical (unpaired) electrons. The summed E-state index contributed by atoms with van der Waals surface area (Å²) in [5.41, 5.74) is 4.23. The molecule has 0 bridgehead atoms. The summed E-state index contributed by atoms with van der Waals surface area (Å²) in [7, 11) is 0.215. The Morgan fingerprint density at radius 1 is 1.00 bits per heavy atom. The first-order valence-corrected chi connectivity index (χ1v) is 9.34. The maximum absolute atomic E-state index is 5.37. The number of benzene rings is 2. The van der Waals surface area contributed by atoms with Crippen LogP contribution in [0, 0.1) is 6.92 Å². The minimum atomic E-state index is -1.52. The van der Waals surface area contributed by atoms with E-state index in [-0.39, 0.29) is 0 Å². The summed E-state index contributed by atoms with van der Waals surface area (Å²) < 4.78 is 5.37. The first kappa shape index (κ1) is 11.5. The van der Waals surface area contributed by atoms with Crippen LogP contribution in [-0.2, 0) is 0 Å². The molecule has 2 aromatic rings. The largest absolute Gasteiger partial charge is 0.497 e. The number of rotatable bonds is 1. The molecular formula is C16H18OSi. The minimum Gasteiger partial charge on any atom is -0.497 e. The molecule has 0 aromatic heterocycles. The fourth-order valence-corrected chi connectivity index (χ4v) is 6.88. The van der Waals surface area contributed by atoms with Gasteiger partial charge in [-0.25, -0.2) is 0 Å². The summed E-state index contributed by atoms with van der Waals surface area (Å²) in [5.74, 6) is 0.952. The minimum absolute atomic E-state index is 0.952. The smallest absolute Gasteiger partial charge is 0.119 e. The van der Waals surface area contributed by atoms with Crippen LogP contribution in [0.2, 0.25) is 13.1 Å². The third-order valence-electron chi connectivity index (χ3n) is 4.09. The lowest BCUT2D eigenvalue weighted by atomic mass is 10.0. The first-order valence-electron chi connectivity index (χ1n) is 6.34. The highest BCUT2D eigenvalue weighted by Gasteiger charge is 2.38. The van der Waals surface area contributed by atoms with Crippen LogP contribution in [0.3, 0.4) is 0 Å². The highest BCUT2D eigenvalue weighted by Crippen LogP contribution is 2.31. The quantitative estimate of drug-likeness (QED) is 0.711. The number of aryl methyl sites for hydroxylation is 1. The Bertz CT molecular complexity index is 629. The molecule has 1 nitrogen and oxygen atoms in total. The van der Waals surface area contributed by atoms with Crippen LogP contribution in [0.5, 0.6) is 5.75 Å². The summed E-state index contributed by atoms with van der Waals surface area (Å²) in [5, 5.41) is 3.13. The van der Waals surface area contributed by atoms with Gasteiger partial charge in [0.15, 0.2) is 0 Å². The summed E-state index contributed by atoms with van der Waals surface area (Å²) in [6.07, 6.45) is 0. The summed E-state index contributed by atoms with van der Waals surface area (Å²) in [6, 6.07) is 13.2. The van der Waals surface area contributed by atoms with Gasteiger partial charge in [-0.3, -0.25) is 0 Å². The van der Waals surface area contributed by atoms with Gasteiger partial charge < -0.3 is 4.74 Å². The Kier molecular flexibility index (Phi) is 2.39. The van der Waals surface area contributed by atoms with Crippen molar-refractivity contribution in [1.29, 1.82) is 0 Å². The number of ether oxygens (including phenoxy) is 1. The molecule has 1 aliphatic rings. The lowest BCUT2D eigenvalue weighted by Gasteiger charge is -2.20. The van der Waals surface area contributed by atoms with Crippen LogP contribution in [0.4, 0.5) is 0 Å². The molecule has 3 rings (SSSR count). The molecule has 0 aliphatic carbocycles. The average Bonchev–Trinajstić information content (AvgIpc) is 2.59. The van der Waals surface area contributed by atoms with Gasteiger partial charge in [0.2, 0.25) is 0 Å². The van der Waals surface area contributed by atoms with E-state index in [0.29, 0.717) is 0 Å². The highest BCUT2D eigenvalue weighted by atomic mass is 28.3. The van der Waals surface area contributed by atoms with Crippen molar-refractivity contribution in [2.45, 2.75) is 20.0 Å². The monoisotopic (exact) mass is 254 g/mol. The van der Waals surface area contributed by atoms with Gasteiger partial charge in [-0.05, 0) is 40.6 Å². The van der Waals surface area contributed by atoms with Crippen molar-refractivity contribution in [1.82, 2.24) is 0 Å². The van der Waals surface area contributed by atoms with E-state index in [1.165, 1.54) is 21.9 Å². The van der Waals surface area contributed by atoms with Crippen LogP contribution in [-0.4, -0.2) is 15.2 Å². The van der Waals surface area contributed by atoms with E-state index in [1.807, 2.05) is 0 Å². The van der Waals surface area contributed by atoms with E-state index < -0.39 is 8.07 Å². The molecule has 0 amide bonds. The third-order valence-corrected chi connectivity index (χ3v) is 7.78. The van der Waals surface area contributed by atoms with E-state index in [9.17, 15) is 0 Å². The number of hydrogen-bond acceptors (Lipinski definition) is 1. The van der Waals surface area contributed by atoms with Crippen LogP contribution in [0.1, 0.15) is 5.56 Å². The fraction of sp³-hybridized carbons (Fsp3) is 0.250. The van der Waals surface area contributed by atoms with Gasteiger partial charge in [0.25, 0.3) is 0 Å². The van der Waals surface area contributed by atoms with E-state index in [2.05, 4.69) is 56.4 Å². The van der Waals surface area contributed by atoms with Crippen LogP contribution in [0.25, 0.3) is 11.1 Å². The van der Waals surface area contributed by atoms with Crippen molar-refractivity contribution >= 4 is 18.4 Å². The van der Waals surface area contributed by atoms with Crippen LogP contribution < -0.4 is 15.1 Å². The standard InChI is InChI=1S/C16H18OSi/c1-11-6-5-7-13-14-10-12(17-2)8-9-15(14)18(3,4)16(11)13/h5-10H,1-4H3. The molecule has 0 N–H and O–H groups in total. The predicted octanol–water partition coefficient (Wildman–Crippen LogP) is 2.81. The fourth-order valence-electron chi connectivity index (χ4n) is 3.27. The summed E-state index contributed by atoms with van der Waals surface area (Å²) >= 11 is 0. The zero-order valence-corrected chi connectivity index (χ0v) is 12.4. The summed E-state index contributed by atoms with van der Waals surface area (Å²) in [4.78, 5) is 0. The molecule has 0 saturated carbocycles. The Labute approximate surface area is 109 Å². The maximum atomic E-state index is 5.37. The van der Waals surface area contributed by atoms with Crippen molar-refractivity contribution in [3.63, 3.8) is 0 Å². The van der Waals surface area contributed by atoms with E-state index in [1.54, 1.807) is 12.3 Å². The van der Waals surface area contributed by atoms with Gasteiger partial charge in [0.05, 0.1) is 7.11 Å². The Balaban J connectivity index is 2.36. The Morgan fingerprint density at radius 3 is 2.50 bits per heavy atom. The third kappa shape index (κ3) is 1.39. The van der Waals surface area contributed by atoms with Crippen LogP contribution in [0.15, 0.2) is 36.4 Å². The molecule has 18 heavy (non-hydrogen) atoms. The molecule has 2 aromatic carbocycles. The molecule has 0 atom stereocenters. The second-order valence-corrected chi connectivity index (χ2v) is 9.82.